The van der Waals surface area contributed by atoms with Crippen LogP contribution in [0.2, 0.25) is 0 Å². The predicted molar refractivity (Wildman–Crippen MR) is 112 cm³/mol. The average Bonchev–Trinajstić information content (AvgIpc) is 3.04. The van der Waals surface area contributed by atoms with Crippen LogP contribution in [0.4, 0.5) is 8.78 Å². The molecule has 1 heterocycles. The van der Waals surface area contributed by atoms with Gasteiger partial charge in [0.15, 0.2) is 11.6 Å². The molecule has 3 rings (SSSR count). The number of carbonyl (C=O) groups excluding carboxylic acids is 1. The normalized spacial score (nSPS) is 19.5. The highest BCUT2D eigenvalue weighted by molar-refractivity contribution is 7.88. The van der Waals surface area contributed by atoms with E-state index in [1.54, 1.807) is 23.1 Å². The molecule has 0 aliphatic carbocycles. The fourth-order valence-electron chi connectivity index (χ4n) is 3.96. The zero-order valence-electron chi connectivity index (χ0n) is 17.2. The van der Waals surface area contributed by atoms with Crippen LogP contribution in [0, 0.1) is 17.6 Å². The number of amides is 1. The molecule has 1 aliphatic rings. The SMILES string of the molecule is CC(C)C(=O)N1CC[C@@H](NS(C)(=O)=O)[C@H]1Cc1cccc(-c2cccc(F)c2F)c1. The van der Waals surface area contributed by atoms with Crippen LogP contribution in [0.5, 0.6) is 0 Å². The first-order chi connectivity index (χ1) is 14.1. The van der Waals surface area contributed by atoms with E-state index >= 15 is 0 Å². The lowest BCUT2D eigenvalue weighted by molar-refractivity contribution is -0.135. The fraction of sp³-hybridized carbons (Fsp3) is 0.409. The Balaban J connectivity index is 1.92. The molecule has 1 N–H and O–H groups in total. The van der Waals surface area contributed by atoms with E-state index in [1.807, 2.05) is 19.9 Å². The summed E-state index contributed by atoms with van der Waals surface area (Å²) in [7, 11) is -3.44. The molecule has 1 aliphatic heterocycles. The van der Waals surface area contributed by atoms with Gasteiger partial charge < -0.3 is 4.90 Å². The van der Waals surface area contributed by atoms with Crippen molar-refractivity contribution < 1.29 is 22.0 Å². The third-order valence-corrected chi connectivity index (χ3v) is 6.05. The molecule has 0 aromatic heterocycles. The van der Waals surface area contributed by atoms with Gasteiger partial charge in [-0.1, -0.05) is 50.2 Å². The lowest BCUT2D eigenvalue weighted by Crippen LogP contribution is -2.48. The summed E-state index contributed by atoms with van der Waals surface area (Å²) in [5.41, 5.74) is 1.49. The average molecular weight is 437 g/mol. The number of nitrogens with one attached hydrogen (secondary N) is 1. The largest absolute Gasteiger partial charge is 0.337 e. The maximum absolute atomic E-state index is 14.2. The summed E-state index contributed by atoms with van der Waals surface area (Å²) in [4.78, 5) is 14.4. The second kappa shape index (κ2) is 8.81. The van der Waals surface area contributed by atoms with Gasteiger partial charge in [-0.2, -0.15) is 0 Å². The number of rotatable bonds is 6. The summed E-state index contributed by atoms with van der Waals surface area (Å²) in [5, 5.41) is 0. The standard InChI is InChI=1S/C22H26F2N2O3S/c1-14(2)22(27)26-11-10-19(25-30(3,28)29)20(26)13-15-6-4-7-16(12-15)17-8-5-9-18(23)21(17)24/h4-9,12,14,19-20,25H,10-11,13H2,1-3H3/t19-,20-/m1/s1. The Morgan fingerprint density at radius 1 is 1.20 bits per heavy atom. The van der Waals surface area contributed by atoms with E-state index in [-0.39, 0.29) is 23.4 Å². The summed E-state index contributed by atoms with van der Waals surface area (Å²) in [6.45, 7) is 4.08. The molecule has 0 bridgehead atoms. The van der Waals surface area contributed by atoms with Crippen molar-refractivity contribution in [2.24, 2.45) is 5.92 Å². The zero-order valence-corrected chi connectivity index (χ0v) is 18.0. The molecule has 1 amide bonds. The molecule has 8 heteroatoms. The molecular weight excluding hydrogens is 410 g/mol. The smallest absolute Gasteiger partial charge is 0.225 e. The van der Waals surface area contributed by atoms with Gasteiger partial charge in [0.2, 0.25) is 15.9 Å². The highest BCUT2D eigenvalue weighted by Gasteiger charge is 2.38. The van der Waals surface area contributed by atoms with E-state index in [1.165, 1.54) is 12.1 Å². The molecule has 2 aromatic carbocycles. The van der Waals surface area contributed by atoms with Crippen molar-refractivity contribution in [2.75, 3.05) is 12.8 Å². The third-order valence-electron chi connectivity index (χ3n) is 5.32. The minimum absolute atomic E-state index is 0.0369. The monoisotopic (exact) mass is 436 g/mol. The van der Waals surface area contributed by atoms with Crippen molar-refractivity contribution in [3.8, 4) is 11.1 Å². The van der Waals surface area contributed by atoms with Crippen LogP contribution in [0.25, 0.3) is 11.1 Å². The number of nitrogens with zero attached hydrogens (tertiary/aromatic N) is 1. The van der Waals surface area contributed by atoms with Gasteiger partial charge in [0, 0.05) is 24.1 Å². The number of halogens is 2. The highest BCUT2D eigenvalue weighted by atomic mass is 32.2. The summed E-state index contributed by atoms with van der Waals surface area (Å²) in [6.07, 6.45) is 2.02. The number of sulfonamides is 1. The van der Waals surface area contributed by atoms with Gasteiger partial charge in [-0.3, -0.25) is 4.79 Å². The van der Waals surface area contributed by atoms with Crippen molar-refractivity contribution in [1.82, 2.24) is 9.62 Å². The van der Waals surface area contributed by atoms with E-state index < -0.39 is 27.7 Å². The number of hydrogen-bond donors (Lipinski definition) is 1. The van der Waals surface area contributed by atoms with Gasteiger partial charge in [-0.25, -0.2) is 21.9 Å². The number of likely N-dealkylation sites (tertiary alicyclic amines) is 1. The van der Waals surface area contributed by atoms with Gasteiger partial charge in [0.25, 0.3) is 0 Å². The molecule has 2 aromatic rings. The molecule has 0 unspecified atom stereocenters. The van der Waals surface area contributed by atoms with Crippen LogP contribution in [-0.2, 0) is 21.2 Å². The Hall–Kier alpha value is -2.32. The molecule has 0 spiro atoms. The molecule has 162 valence electrons. The Morgan fingerprint density at radius 2 is 1.90 bits per heavy atom. The molecule has 1 saturated heterocycles. The maximum Gasteiger partial charge on any atom is 0.225 e. The Bertz CT molecular complexity index is 1040. The lowest BCUT2D eigenvalue weighted by atomic mass is 9.96. The molecular formula is C22H26F2N2O3S. The molecule has 5 nitrogen and oxygen atoms in total. The lowest BCUT2D eigenvalue weighted by Gasteiger charge is -2.30. The van der Waals surface area contributed by atoms with Crippen LogP contribution in [0.3, 0.4) is 0 Å². The first kappa shape index (κ1) is 22.4. The van der Waals surface area contributed by atoms with Crippen molar-refractivity contribution in [3.63, 3.8) is 0 Å². The number of benzene rings is 2. The van der Waals surface area contributed by atoms with Crippen molar-refractivity contribution in [3.05, 3.63) is 59.7 Å². The Morgan fingerprint density at radius 3 is 2.57 bits per heavy atom. The van der Waals surface area contributed by atoms with Gasteiger partial charge in [-0.15, -0.1) is 0 Å². The molecule has 2 atom stereocenters. The first-order valence-corrected chi connectivity index (χ1v) is 11.8. The minimum Gasteiger partial charge on any atom is -0.337 e. The maximum atomic E-state index is 14.2. The van der Waals surface area contributed by atoms with Crippen molar-refractivity contribution in [2.45, 2.75) is 38.8 Å². The van der Waals surface area contributed by atoms with Crippen LogP contribution in [0.15, 0.2) is 42.5 Å². The molecule has 0 radical (unpaired) electrons. The highest BCUT2D eigenvalue weighted by Crippen LogP contribution is 2.28. The number of carbonyl (C=O) groups is 1. The minimum atomic E-state index is -3.44. The first-order valence-electron chi connectivity index (χ1n) is 9.88. The quantitative estimate of drug-likeness (QED) is 0.755. The van der Waals surface area contributed by atoms with Gasteiger partial charge in [0.1, 0.15) is 0 Å². The fourth-order valence-corrected chi connectivity index (χ4v) is 4.78. The second-order valence-corrected chi connectivity index (χ2v) is 9.82. The zero-order chi connectivity index (χ0) is 22.1. The topological polar surface area (TPSA) is 66.5 Å². The van der Waals surface area contributed by atoms with E-state index in [2.05, 4.69) is 4.72 Å². The predicted octanol–water partition coefficient (Wildman–Crippen LogP) is 3.35. The molecule has 30 heavy (non-hydrogen) atoms. The number of hydrogen-bond acceptors (Lipinski definition) is 3. The summed E-state index contributed by atoms with van der Waals surface area (Å²) >= 11 is 0. The van der Waals surface area contributed by atoms with E-state index in [4.69, 9.17) is 0 Å². The van der Waals surface area contributed by atoms with Gasteiger partial charge in [-0.05, 0) is 30.0 Å². The van der Waals surface area contributed by atoms with Crippen LogP contribution in [-0.4, -0.2) is 44.1 Å². The summed E-state index contributed by atoms with van der Waals surface area (Å²) < 4.78 is 54.1. The third kappa shape index (κ3) is 5.05. The summed E-state index contributed by atoms with van der Waals surface area (Å²) in [6, 6.07) is 10.3. The molecule has 0 saturated carbocycles. The van der Waals surface area contributed by atoms with E-state index in [0.29, 0.717) is 24.9 Å². The summed E-state index contributed by atoms with van der Waals surface area (Å²) in [5.74, 6) is -2.08. The van der Waals surface area contributed by atoms with Crippen molar-refractivity contribution >= 4 is 15.9 Å². The van der Waals surface area contributed by atoms with Crippen molar-refractivity contribution in [1.29, 1.82) is 0 Å². The van der Waals surface area contributed by atoms with Gasteiger partial charge in [0.05, 0.1) is 12.3 Å². The Kier molecular flexibility index (Phi) is 6.57. The second-order valence-electron chi connectivity index (χ2n) is 8.04. The molecule has 1 fully saturated rings. The van der Waals surface area contributed by atoms with E-state index in [9.17, 15) is 22.0 Å². The van der Waals surface area contributed by atoms with Crippen LogP contribution in [0.1, 0.15) is 25.8 Å². The Labute approximate surface area is 176 Å². The van der Waals surface area contributed by atoms with E-state index in [0.717, 1.165) is 17.9 Å². The van der Waals surface area contributed by atoms with Gasteiger partial charge >= 0.3 is 0 Å². The van der Waals surface area contributed by atoms with Crippen LogP contribution < -0.4 is 4.72 Å². The van der Waals surface area contributed by atoms with Crippen LogP contribution >= 0.6 is 0 Å².